The molecule has 2 N–H and O–H groups in total. The molecule has 1 atom stereocenters. The number of halogens is 3. The maximum Gasteiger partial charge on any atom is 0.536 e. The Bertz CT molecular complexity index is 1410. The fraction of sp³-hybridized carbons (Fsp3) is 0.333. The van der Waals surface area contributed by atoms with Crippen molar-refractivity contribution in [2.24, 2.45) is 0 Å². The van der Waals surface area contributed by atoms with Gasteiger partial charge in [0.2, 0.25) is 5.88 Å². The van der Waals surface area contributed by atoms with Crippen molar-refractivity contribution in [3.8, 4) is 11.7 Å². The Kier molecular flexibility index (Phi) is 10.3. The molecule has 0 saturated heterocycles. The third-order valence-electron chi connectivity index (χ3n) is 4.95. The highest BCUT2D eigenvalue weighted by Crippen LogP contribution is 2.32. The van der Waals surface area contributed by atoms with E-state index in [1.165, 1.54) is 29.1 Å². The van der Waals surface area contributed by atoms with E-state index in [9.17, 15) is 18.0 Å². The SMILES string of the molecule is CC(CC([S+]=O)[S+]=O)Oc1cc(C(=O)Nc2c(Cl)cc(Cl)cc2C(=O)NC(C)(C)C)n(-c2ncccc2Cl)n1. The molecule has 0 radical (unpaired) electrons. The van der Waals surface area contributed by atoms with Crippen molar-refractivity contribution in [2.45, 2.75) is 50.3 Å². The van der Waals surface area contributed by atoms with E-state index in [0.29, 0.717) is 0 Å². The minimum Gasteiger partial charge on any atom is -0.473 e. The molecule has 0 fully saturated rings. The van der Waals surface area contributed by atoms with Gasteiger partial charge in [-0.15, -0.1) is 5.10 Å². The van der Waals surface area contributed by atoms with E-state index in [-0.39, 0.29) is 73.5 Å². The summed E-state index contributed by atoms with van der Waals surface area (Å²) in [6.45, 7) is 7.08. The van der Waals surface area contributed by atoms with Crippen molar-refractivity contribution < 1.29 is 22.7 Å². The monoisotopic (exact) mass is 631 g/mol. The molecule has 2 aromatic heterocycles. The predicted molar refractivity (Wildman–Crippen MR) is 153 cm³/mol. The molecule has 39 heavy (non-hydrogen) atoms. The van der Waals surface area contributed by atoms with Gasteiger partial charge in [0.05, 0.1) is 21.3 Å². The van der Waals surface area contributed by atoms with Crippen LogP contribution >= 0.6 is 34.8 Å². The summed E-state index contributed by atoms with van der Waals surface area (Å²) >= 11 is 19.2. The molecule has 3 rings (SSSR count). The van der Waals surface area contributed by atoms with Crippen LogP contribution in [0.25, 0.3) is 5.82 Å². The van der Waals surface area contributed by atoms with Crippen molar-refractivity contribution in [1.29, 1.82) is 0 Å². The summed E-state index contributed by atoms with van der Waals surface area (Å²) in [7, 11) is 0. The minimum atomic E-state index is -0.764. The lowest BCUT2D eigenvalue weighted by Gasteiger charge is -2.22. The van der Waals surface area contributed by atoms with Crippen LogP contribution in [0.3, 0.4) is 0 Å². The number of carbonyl (C=O) groups excluding carboxylic acids is 2. The van der Waals surface area contributed by atoms with Crippen LogP contribution in [0.1, 0.15) is 55.0 Å². The number of nitrogens with one attached hydrogen (secondary N) is 2. The maximum atomic E-state index is 13.6. The molecule has 10 nitrogen and oxygen atoms in total. The van der Waals surface area contributed by atoms with E-state index in [0.717, 1.165) is 0 Å². The molecule has 3 aromatic rings. The molecular weight excluding hydrogens is 609 g/mol. The number of pyridine rings is 1. The minimum absolute atomic E-state index is 0.0211. The molecule has 206 valence electrons. The Morgan fingerprint density at radius 2 is 1.77 bits per heavy atom. The highest BCUT2D eigenvalue weighted by atomic mass is 35.5. The number of hydrogen-bond acceptors (Lipinski definition) is 7. The van der Waals surface area contributed by atoms with Gasteiger partial charge in [-0.1, -0.05) is 34.8 Å². The lowest BCUT2D eigenvalue weighted by atomic mass is 10.1. The highest BCUT2D eigenvalue weighted by Gasteiger charge is 2.38. The smallest absolute Gasteiger partial charge is 0.473 e. The number of rotatable bonds is 10. The molecular formula is C24H24Cl3N5O5S2+2. The van der Waals surface area contributed by atoms with Crippen molar-refractivity contribution in [3.05, 3.63) is 62.9 Å². The maximum absolute atomic E-state index is 13.6. The van der Waals surface area contributed by atoms with Gasteiger partial charge in [0, 0.05) is 31.2 Å². The molecule has 2 heterocycles. The van der Waals surface area contributed by atoms with Crippen LogP contribution < -0.4 is 15.4 Å². The van der Waals surface area contributed by atoms with Gasteiger partial charge >= 0.3 is 27.9 Å². The molecule has 1 aromatic carbocycles. The summed E-state index contributed by atoms with van der Waals surface area (Å²) in [4.78, 5) is 30.8. The zero-order valence-corrected chi connectivity index (χ0v) is 25.1. The summed E-state index contributed by atoms with van der Waals surface area (Å²) in [5.41, 5.74) is -0.525. The summed E-state index contributed by atoms with van der Waals surface area (Å²) in [5, 5.41) is 10.3. The van der Waals surface area contributed by atoms with Crippen LogP contribution in [0.4, 0.5) is 5.69 Å². The molecule has 1 unspecified atom stereocenters. The third-order valence-corrected chi connectivity index (χ3v) is 7.04. The van der Waals surface area contributed by atoms with Crippen LogP contribution in [0, 0.1) is 0 Å². The number of anilines is 1. The number of amides is 2. The van der Waals surface area contributed by atoms with Crippen molar-refractivity contribution in [3.63, 3.8) is 0 Å². The second-order valence-corrected chi connectivity index (χ2v) is 12.4. The summed E-state index contributed by atoms with van der Waals surface area (Å²) in [5.74, 6) is -1.04. The van der Waals surface area contributed by atoms with Crippen LogP contribution in [0.2, 0.25) is 15.1 Å². The van der Waals surface area contributed by atoms with Crippen molar-refractivity contribution >= 4 is 75.6 Å². The Hall–Kier alpha value is -2.77. The first-order valence-corrected chi connectivity index (χ1v) is 14.1. The number of ether oxygens (including phenoxy) is 1. The average molecular weight is 633 g/mol. The zero-order valence-electron chi connectivity index (χ0n) is 21.2. The fourth-order valence-corrected chi connectivity index (χ4v) is 4.93. The van der Waals surface area contributed by atoms with Crippen LogP contribution in [-0.4, -0.2) is 42.8 Å². The predicted octanol–water partition coefficient (Wildman–Crippen LogP) is 5.35. The first-order chi connectivity index (χ1) is 18.3. The molecule has 0 spiro atoms. The summed E-state index contributed by atoms with van der Waals surface area (Å²) in [6.07, 6.45) is 1.04. The van der Waals surface area contributed by atoms with Gasteiger partial charge in [0.1, 0.15) is 18.2 Å². The van der Waals surface area contributed by atoms with Crippen molar-refractivity contribution in [1.82, 2.24) is 20.1 Å². The van der Waals surface area contributed by atoms with Gasteiger partial charge in [-0.2, -0.15) is 0 Å². The van der Waals surface area contributed by atoms with Crippen molar-refractivity contribution in [2.75, 3.05) is 5.32 Å². The van der Waals surface area contributed by atoms with E-state index in [1.807, 2.05) is 0 Å². The number of benzene rings is 1. The van der Waals surface area contributed by atoms with Crippen LogP contribution in [0.5, 0.6) is 5.88 Å². The largest absolute Gasteiger partial charge is 0.536 e. The molecule has 0 aliphatic carbocycles. The van der Waals surface area contributed by atoms with Crippen LogP contribution in [-0.2, 0) is 31.8 Å². The number of nitrogens with zero attached hydrogens (tertiary/aromatic N) is 3. The van der Waals surface area contributed by atoms with Gasteiger partial charge in [0.15, 0.2) is 5.82 Å². The second kappa shape index (κ2) is 13.1. The molecule has 15 heteroatoms. The van der Waals surface area contributed by atoms with Gasteiger partial charge in [-0.3, -0.25) is 9.59 Å². The quantitative estimate of drug-likeness (QED) is 0.228. The number of hydrogen-bond donors (Lipinski definition) is 2. The molecule has 0 aliphatic rings. The van der Waals surface area contributed by atoms with E-state index in [2.05, 4.69) is 20.7 Å². The number of carbonyl (C=O) groups is 2. The number of aromatic nitrogens is 3. The molecule has 0 aliphatic heterocycles. The van der Waals surface area contributed by atoms with Gasteiger partial charge in [0.25, 0.3) is 11.8 Å². The molecule has 2 amide bonds. The topological polar surface area (TPSA) is 132 Å². The third kappa shape index (κ3) is 8.12. The van der Waals surface area contributed by atoms with E-state index >= 15 is 0 Å². The molecule has 0 saturated carbocycles. The first kappa shape index (κ1) is 30.8. The van der Waals surface area contributed by atoms with Crippen LogP contribution in [0.15, 0.2) is 36.5 Å². The average Bonchev–Trinajstić information content (AvgIpc) is 3.26. The highest BCUT2D eigenvalue weighted by molar-refractivity contribution is 7.84. The lowest BCUT2D eigenvalue weighted by Crippen LogP contribution is -2.41. The summed E-state index contributed by atoms with van der Waals surface area (Å²) < 4.78 is 28.4. The Balaban J connectivity index is 2.02. The van der Waals surface area contributed by atoms with E-state index < -0.39 is 28.0 Å². The summed E-state index contributed by atoms with van der Waals surface area (Å²) in [6, 6.07) is 7.33. The Morgan fingerprint density at radius 1 is 1.08 bits per heavy atom. The van der Waals surface area contributed by atoms with Gasteiger partial charge in [-0.05, 0) is 52.0 Å². The van der Waals surface area contributed by atoms with Gasteiger partial charge < -0.3 is 15.4 Å². The fourth-order valence-electron chi connectivity index (χ4n) is 3.36. The standard InChI is InChI=1S/C24H22Cl3N5O5S2/c1-12(8-19(38-35)39-36)37-18-11-17(32(31-18)21-15(26)6-5-7-28-21)23(34)29-20-14(9-13(25)10-16(20)27)22(33)30-24(2,3)4/h5-7,9-12,19H,8H2,1-4H3/p+2. The molecule has 0 bridgehead atoms. The zero-order chi connectivity index (χ0) is 28.9. The second-order valence-electron chi connectivity index (χ2n) is 9.34. The van der Waals surface area contributed by atoms with E-state index in [4.69, 9.17) is 39.5 Å². The normalized spacial score (nSPS) is 12.1. The Morgan fingerprint density at radius 3 is 2.38 bits per heavy atom. The Labute approximate surface area is 247 Å². The van der Waals surface area contributed by atoms with E-state index in [1.54, 1.807) is 39.8 Å². The first-order valence-electron chi connectivity index (χ1n) is 11.4. The van der Waals surface area contributed by atoms with Gasteiger partial charge in [-0.25, -0.2) is 9.67 Å². The lowest BCUT2D eigenvalue weighted by molar-refractivity contribution is 0.0920.